The third-order valence-electron chi connectivity index (χ3n) is 3.33. The van der Waals surface area contributed by atoms with Crippen molar-refractivity contribution in [2.24, 2.45) is 0 Å². The number of benzene rings is 1. The predicted octanol–water partition coefficient (Wildman–Crippen LogP) is 3.37. The molecule has 0 aliphatic carbocycles. The Bertz CT molecular complexity index is 617. The lowest BCUT2D eigenvalue weighted by Crippen LogP contribution is -2.05. The molecule has 0 saturated heterocycles. The van der Waals surface area contributed by atoms with Crippen LogP contribution in [0, 0.1) is 0 Å². The van der Waals surface area contributed by atoms with Crippen LogP contribution in [0.4, 0.5) is 5.69 Å². The van der Waals surface area contributed by atoms with E-state index in [9.17, 15) is 5.11 Å². The summed E-state index contributed by atoms with van der Waals surface area (Å²) in [6, 6.07) is 7.73. The molecule has 0 bridgehead atoms. The summed E-state index contributed by atoms with van der Waals surface area (Å²) in [5.74, 6) is 1.53. The molecule has 0 aliphatic heterocycles. The van der Waals surface area contributed by atoms with Crippen LogP contribution in [-0.4, -0.2) is 23.3 Å². The first-order valence-electron chi connectivity index (χ1n) is 7.94. The molecule has 2 rings (SSSR count). The molecule has 0 radical (unpaired) electrons. The van der Waals surface area contributed by atoms with Gasteiger partial charge >= 0.3 is 0 Å². The average molecular weight is 316 g/mol. The van der Waals surface area contributed by atoms with Crippen molar-refractivity contribution in [2.45, 2.75) is 33.4 Å². The van der Waals surface area contributed by atoms with Crippen molar-refractivity contribution >= 4 is 5.69 Å². The van der Waals surface area contributed by atoms with Gasteiger partial charge in [-0.3, -0.25) is 4.98 Å². The third-order valence-corrected chi connectivity index (χ3v) is 3.33. The molecule has 0 amide bonds. The maximum Gasteiger partial charge on any atom is 0.161 e. The number of rotatable bonds is 9. The van der Waals surface area contributed by atoms with Gasteiger partial charge < -0.3 is 19.9 Å². The fraction of sp³-hybridized carbons (Fsp3) is 0.389. The molecule has 0 fully saturated rings. The molecule has 1 heterocycles. The largest absolute Gasteiger partial charge is 0.490 e. The van der Waals surface area contributed by atoms with Crippen LogP contribution in [0.15, 0.2) is 36.7 Å². The van der Waals surface area contributed by atoms with E-state index >= 15 is 0 Å². The van der Waals surface area contributed by atoms with E-state index in [1.54, 1.807) is 18.5 Å². The molecule has 5 nitrogen and oxygen atoms in total. The minimum absolute atomic E-state index is 0.0150. The van der Waals surface area contributed by atoms with Gasteiger partial charge in [-0.25, -0.2) is 0 Å². The monoisotopic (exact) mass is 316 g/mol. The highest BCUT2D eigenvalue weighted by atomic mass is 16.5. The standard InChI is InChI=1S/C18H24N2O3/c1-3-9-23-17-6-5-14(10-18(17)22-4-2)11-20-16-12-19-8-7-15(16)13-21/h5-8,10,12,20-21H,3-4,9,11,13H2,1-2H3. The van der Waals surface area contributed by atoms with Crippen LogP contribution in [0.1, 0.15) is 31.4 Å². The van der Waals surface area contributed by atoms with Gasteiger partial charge in [-0.1, -0.05) is 13.0 Å². The van der Waals surface area contributed by atoms with Crippen LogP contribution in [0.3, 0.4) is 0 Å². The van der Waals surface area contributed by atoms with Gasteiger partial charge in [0.1, 0.15) is 0 Å². The van der Waals surface area contributed by atoms with E-state index in [0.29, 0.717) is 19.8 Å². The van der Waals surface area contributed by atoms with E-state index in [-0.39, 0.29) is 6.61 Å². The summed E-state index contributed by atoms with van der Waals surface area (Å²) >= 11 is 0. The lowest BCUT2D eigenvalue weighted by atomic mass is 10.2. The van der Waals surface area contributed by atoms with Crippen LogP contribution in [0.5, 0.6) is 11.5 Å². The molecule has 2 N–H and O–H groups in total. The van der Waals surface area contributed by atoms with Gasteiger partial charge in [-0.05, 0) is 37.1 Å². The Morgan fingerprint density at radius 2 is 2.00 bits per heavy atom. The van der Waals surface area contributed by atoms with Crippen molar-refractivity contribution in [1.29, 1.82) is 0 Å². The maximum absolute atomic E-state index is 9.34. The molecule has 0 spiro atoms. The van der Waals surface area contributed by atoms with Crippen molar-refractivity contribution in [3.8, 4) is 11.5 Å². The van der Waals surface area contributed by atoms with Crippen molar-refractivity contribution < 1.29 is 14.6 Å². The number of hydrogen-bond donors (Lipinski definition) is 2. The summed E-state index contributed by atoms with van der Waals surface area (Å²) in [5, 5.41) is 12.6. The van der Waals surface area contributed by atoms with E-state index < -0.39 is 0 Å². The zero-order valence-electron chi connectivity index (χ0n) is 13.7. The number of aliphatic hydroxyl groups excluding tert-OH is 1. The van der Waals surface area contributed by atoms with Gasteiger partial charge in [-0.15, -0.1) is 0 Å². The molecule has 1 aromatic carbocycles. The molecule has 5 heteroatoms. The van der Waals surface area contributed by atoms with Crippen LogP contribution in [-0.2, 0) is 13.2 Å². The summed E-state index contributed by atoms with van der Waals surface area (Å²) in [7, 11) is 0. The first kappa shape index (κ1) is 17.1. The molecular formula is C18H24N2O3. The van der Waals surface area contributed by atoms with Gasteiger partial charge in [0.05, 0.1) is 31.7 Å². The van der Waals surface area contributed by atoms with Crippen LogP contribution < -0.4 is 14.8 Å². The number of aromatic nitrogens is 1. The van der Waals surface area contributed by atoms with E-state index in [2.05, 4.69) is 17.2 Å². The van der Waals surface area contributed by atoms with E-state index in [4.69, 9.17) is 9.47 Å². The van der Waals surface area contributed by atoms with Crippen LogP contribution in [0.25, 0.3) is 0 Å². The number of ether oxygens (including phenoxy) is 2. The second kappa shape index (κ2) is 9.00. The van der Waals surface area contributed by atoms with Gasteiger partial charge in [-0.2, -0.15) is 0 Å². The molecule has 1 aromatic heterocycles. The smallest absolute Gasteiger partial charge is 0.161 e. The minimum atomic E-state index is -0.0150. The zero-order chi connectivity index (χ0) is 16.5. The van der Waals surface area contributed by atoms with Crippen molar-refractivity contribution in [1.82, 2.24) is 4.98 Å². The van der Waals surface area contributed by atoms with E-state index in [1.807, 2.05) is 25.1 Å². The number of anilines is 1. The highest BCUT2D eigenvalue weighted by Gasteiger charge is 2.07. The van der Waals surface area contributed by atoms with E-state index in [1.165, 1.54) is 0 Å². The molecule has 23 heavy (non-hydrogen) atoms. The molecule has 2 aromatic rings. The average Bonchev–Trinajstić information content (AvgIpc) is 2.59. The van der Waals surface area contributed by atoms with Crippen molar-refractivity contribution in [2.75, 3.05) is 18.5 Å². The fourth-order valence-electron chi connectivity index (χ4n) is 2.18. The highest BCUT2D eigenvalue weighted by molar-refractivity contribution is 5.50. The molecule has 0 unspecified atom stereocenters. The van der Waals surface area contributed by atoms with Crippen molar-refractivity contribution in [3.05, 3.63) is 47.8 Å². The van der Waals surface area contributed by atoms with Gasteiger partial charge in [0, 0.05) is 18.3 Å². The Kier molecular flexibility index (Phi) is 6.69. The number of nitrogens with one attached hydrogen (secondary N) is 1. The van der Waals surface area contributed by atoms with Gasteiger partial charge in [0.2, 0.25) is 0 Å². The van der Waals surface area contributed by atoms with Gasteiger partial charge in [0.25, 0.3) is 0 Å². The summed E-state index contributed by atoms with van der Waals surface area (Å²) in [6.07, 6.45) is 4.34. The topological polar surface area (TPSA) is 63.6 Å². The number of hydrogen-bond acceptors (Lipinski definition) is 5. The molecule has 0 saturated carbocycles. The van der Waals surface area contributed by atoms with Crippen LogP contribution in [0.2, 0.25) is 0 Å². The predicted molar refractivity (Wildman–Crippen MR) is 90.9 cm³/mol. The second-order valence-corrected chi connectivity index (χ2v) is 5.11. The first-order chi connectivity index (χ1) is 11.3. The Labute approximate surface area is 137 Å². The Hall–Kier alpha value is -2.27. The second-order valence-electron chi connectivity index (χ2n) is 5.11. The SMILES string of the molecule is CCCOc1ccc(CNc2cnccc2CO)cc1OCC. The summed E-state index contributed by atoms with van der Waals surface area (Å²) in [6.45, 7) is 5.90. The van der Waals surface area contributed by atoms with Crippen LogP contribution >= 0.6 is 0 Å². The molecule has 0 aliphatic rings. The first-order valence-corrected chi connectivity index (χ1v) is 7.94. The summed E-state index contributed by atoms with van der Waals surface area (Å²) in [4.78, 5) is 4.08. The summed E-state index contributed by atoms with van der Waals surface area (Å²) < 4.78 is 11.4. The third kappa shape index (κ3) is 4.86. The van der Waals surface area contributed by atoms with E-state index in [0.717, 1.165) is 34.7 Å². The number of pyridine rings is 1. The molecule has 0 atom stereocenters. The molecular weight excluding hydrogens is 292 g/mol. The fourth-order valence-corrected chi connectivity index (χ4v) is 2.18. The number of aliphatic hydroxyl groups is 1. The maximum atomic E-state index is 9.34. The Balaban J connectivity index is 2.09. The quantitative estimate of drug-likeness (QED) is 0.742. The van der Waals surface area contributed by atoms with Crippen molar-refractivity contribution in [3.63, 3.8) is 0 Å². The minimum Gasteiger partial charge on any atom is -0.490 e. The molecule has 124 valence electrons. The lowest BCUT2D eigenvalue weighted by Gasteiger charge is -2.14. The lowest BCUT2D eigenvalue weighted by molar-refractivity contribution is 0.276. The van der Waals surface area contributed by atoms with Gasteiger partial charge in [0.15, 0.2) is 11.5 Å². The zero-order valence-corrected chi connectivity index (χ0v) is 13.7. The highest BCUT2D eigenvalue weighted by Crippen LogP contribution is 2.29. The normalized spacial score (nSPS) is 10.4. The Morgan fingerprint density at radius 3 is 2.74 bits per heavy atom. The number of nitrogens with zero attached hydrogens (tertiary/aromatic N) is 1. The summed E-state index contributed by atoms with van der Waals surface area (Å²) in [5.41, 5.74) is 2.73. The Morgan fingerprint density at radius 1 is 1.13 bits per heavy atom.